The highest BCUT2D eigenvalue weighted by Crippen LogP contribution is 2.36. The molecule has 0 fully saturated rings. The number of halogens is 1. The average molecular weight is 339 g/mol. The molecule has 2 rings (SSSR count). The largest absolute Gasteiger partial charge is 0.508 e. The molecule has 2 amide bonds. The summed E-state index contributed by atoms with van der Waals surface area (Å²) in [5.74, 6) is 0.375. The van der Waals surface area contributed by atoms with Crippen LogP contribution < -0.4 is 20.1 Å². The highest BCUT2D eigenvalue weighted by Gasteiger charge is 2.13. The molecular weight excluding hydrogens is 324 g/mol. The fourth-order valence-corrected chi connectivity index (χ4v) is 2.14. The summed E-state index contributed by atoms with van der Waals surface area (Å²) in [7, 11) is 2.89. The number of urea groups is 1. The van der Waals surface area contributed by atoms with Crippen molar-refractivity contribution in [3.8, 4) is 23.0 Å². The van der Waals surface area contributed by atoms with E-state index in [9.17, 15) is 15.0 Å². The smallest absolute Gasteiger partial charge is 0.323 e. The van der Waals surface area contributed by atoms with Crippen LogP contribution >= 0.6 is 11.6 Å². The number of methoxy groups -OCH3 is 2. The number of rotatable bonds is 4. The molecule has 2 aromatic carbocycles. The van der Waals surface area contributed by atoms with Crippen LogP contribution in [0.2, 0.25) is 5.02 Å². The molecule has 0 aliphatic rings. The van der Waals surface area contributed by atoms with E-state index in [0.29, 0.717) is 22.2 Å². The van der Waals surface area contributed by atoms with Gasteiger partial charge in [0.15, 0.2) is 0 Å². The van der Waals surface area contributed by atoms with Crippen LogP contribution in [0.25, 0.3) is 0 Å². The van der Waals surface area contributed by atoms with Gasteiger partial charge < -0.3 is 30.3 Å². The zero-order valence-electron chi connectivity index (χ0n) is 12.4. The Hall–Kier alpha value is -2.80. The molecule has 4 N–H and O–H groups in total. The molecule has 122 valence electrons. The zero-order chi connectivity index (χ0) is 17.0. The van der Waals surface area contributed by atoms with E-state index in [2.05, 4.69) is 10.6 Å². The molecule has 0 atom stereocenters. The highest BCUT2D eigenvalue weighted by molar-refractivity contribution is 6.32. The quantitative estimate of drug-likeness (QED) is 0.684. The van der Waals surface area contributed by atoms with Crippen LogP contribution in [0.15, 0.2) is 30.3 Å². The van der Waals surface area contributed by atoms with Crippen molar-refractivity contribution in [3.05, 3.63) is 35.4 Å². The van der Waals surface area contributed by atoms with E-state index in [1.807, 2.05) is 0 Å². The second kappa shape index (κ2) is 6.97. The fraction of sp³-hybridized carbons (Fsp3) is 0.133. The number of benzene rings is 2. The second-order valence-corrected chi connectivity index (χ2v) is 4.91. The maximum absolute atomic E-state index is 12.0. The number of hydrogen-bond donors (Lipinski definition) is 4. The van der Waals surface area contributed by atoms with Crippen molar-refractivity contribution < 1.29 is 24.5 Å². The molecule has 23 heavy (non-hydrogen) atoms. The van der Waals surface area contributed by atoms with E-state index in [4.69, 9.17) is 21.1 Å². The van der Waals surface area contributed by atoms with E-state index in [-0.39, 0.29) is 17.2 Å². The first-order valence-electron chi connectivity index (χ1n) is 6.45. The Morgan fingerprint density at radius 3 is 2.13 bits per heavy atom. The lowest BCUT2D eigenvalue weighted by molar-refractivity contribution is 0.262. The molecule has 2 aromatic rings. The highest BCUT2D eigenvalue weighted by atomic mass is 35.5. The molecule has 0 saturated heterocycles. The van der Waals surface area contributed by atoms with Crippen LogP contribution in [0.5, 0.6) is 23.0 Å². The van der Waals surface area contributed by atoms with E-state index in [1.165, 1.54) is 38.5 Å². The van der Waals surface area contributed by atoms with Crippen molar-refractivity contribution in [2.24, 2.45) is 0 Å². The first-order valence-corrected chi connectivity index (χ1v) is 6.83. The van der Waals surface area contributed by atoms with Gasteiger partial charge in [0.1, 0.15) is 23.0 Å². The number of aromatic hydroxyl groups is 2. The summed E-state index contributed by atoms with van der Waals surface area (Å²) in [5, 5.41) is 24.2. The third-order valence-corrected chi connectivity index (χ3v) is 3.18. The van der Waals surface area contributed by atoms with Crippen LogP contribution in [-0.2, 0) is 0 Å². The topological polar surface area (TPSA) is 100 Å². The minimum absolute atomic E-state index is 0.175. The van der Waals surface area contributed by atoms with Crippen molar-refractivity contribution >= 4 is 29.0 Å². The molecule has 0 saturated carbocycles. The lowest BCUT2D eigenvalue weighted by Crippen LogP contribution is -2.19. The molecule has 0 aliphatic carbocycles. The van der Waals surface area contributed by atoms with Crippen LogP contribution in [0.1, 0.15) is 0 Å². The number of phenols is 2. The first kappa shape index (κ1) is 16.6. The number of carbonyl (C=O) groups is 1. The van der Waals surface area contributed by atoms with Crippen molar-refractivity contribution in [3.63, 3.8) is 0 Å². The standard InChI is InChI=1S/C15H15ClN2O5/c1-22-13-7-12(14(23-2)6-11(13)16)18-15(21)17-8-3-9(19)5-10(20)4-8/h3-7,19-20H,1-2H3,(H2,17,18,21). The summed E-state index contributed by atoms with van der Waals surface area (Å²) < 4.78 is 10.2. The van der Waals surface area contributed by atoms with Gasteiger partial charge in [-0.1, -0.05) is 11.6 Å². The molecule has 7 nitrogen and oxygen atoms in total. The van der Waals surface area contributed by atoms with Gasteiger partial charge in [0.25, 0.3) is 0 Å². The van der Waals surface area contributed by atoms with Crippen molar-refractivity contribution in [2.75, 3.05) is 24.9 Å². The summed E-state index contributed by atoms with van der Waals surface area (Å²) in [6.45, 7) is 0. The van der Waals surface area contributed by atoms with E-state index in [0.717, 1.165) is 6.07 Å². The van der Waals surface area contributed by atoms with Gasteiger partial charge in [-0.2, -0.15) is 0 Å². The van der Waals surface area contributed by atoms with Gasteiger partial charge in [-0.3, -0.25) is 0 Å². The van der Waals surface area contributed by atoms with Gasteiger partial charge in [-0.05, 0) is 0 Å². The Bertz CT molecular complexity index is 716. The summed E-state index contributed by atoms with van der Waals surface area (Å²) in [6, 6.07) is 6.16. The summed E-state index contributed by atoms with van der Waals surface area (Å²) >= 11 is 5.99. The van der Waals surface area contributed by atoms with Crippen LogP contribution in [0.3, 0.4) is 0 Å². The number of nitrogens with one attached hydrogen (secondary N) is 2. The third kappa shape index (κ3) is 4.10. The lowest BCUT2D eigenvalue weighted by atomic mass is 10.2. The molecule has 0 radical (unpaired) electrons. The monoisotopic (exact) mass is 338 g/mol. The Kier molecular flexibility index (Phi) is 5.02. The van der Waals surface area contributed by atoms with Gasteiger partial charge in [-0.25, -0.2) is 4.79 Å². The van der Waals surface area contributed by atoms with Crippen molar-refractivity contribution in [1.82, 2.24) is 0 Å². The molecule has 0 aromatic heterocycles. The Labute approximate surface area is 137 Å². The summed E-state index contributed by atoms with van der Waals surface area (Å²) in [5.41, 5.74) is 0.565. The number of hydrogen-bond acceptors (Lipinski definition) is 5. The second-order valence-electron chi connectivity index (χ2n) is 4.50. The van der Waals surface area contributed by atoms with Gasteiger partial charge in [-0.15, -0.1) is 0 Å². The number of carbonyl (C=O) groups excluding carboxylic acids is 1. The Balaban J connectivity index is 2.19. The molecular formula is C15H15ClN2O5. The Morgan fingerprint density at radius 2 is 1.57 bits per heavy atom. The Morgan fingerprint density at radius 1 is 0.957 bits per heavy atom. The molecule has 8 heteroatoms. The van der Waals surface area contributed by atoms with E-state index >= 15 is 0 Å². The molecule has 0 heterocycles. The zero-order valence-corrected chi connectivity index (χ0v) is 13.1. The predicted molar refractivity (Wildman–Crippen MR) is 87.0 cm³/mol. The minimum Gasteiger partial charge on any atom is -0.508 e. The van der Waals surface area contributed by atoms with Gasteiger partial charge >= 0.3 is 6.03 Å². The number of anilines is 2. The van der Waals surface area contributed by atoms with E-state index < -0.39 is 6.03 Å². The maximum Gasteiger partial charge on any atom is 0.323 e. The normalized spacial score (nSPS) is 10.0. The molecule has 0 aliphatic heterocycles. The van der Waals surface area contributed by atoms with Crippen LogP contribution in [0.4, 0.5) is 16.2 Å². The van der Waals surface area contributed by atoms with Gasteiger partial charge in [0.2, 0.25) is 0 Å². The lowest BCUT2D eigenvalue weighted by Gasteiger charge is -2.14. The summed E-state index contributed by atoms with van der Waals surface area (Å²) in [6.07, 6.45) is 0. The molecule has 0 unspecified atom stereocenters. The fourth-order valence-electron chi connectivity index (χ4n) is 1.91. The molecule has 0 bridgehead atoms. The maximum atomic E-state index is 12.0. The molecule has 0 spiro atoms. The minimum atomic E-state index is -0.599. The number of amides is 2. The average Bonchev–Trinajstić information content (AvgIpc) is 2.47. The van der Waals surface area contributed by atoms with Crippen LogP contribution in [0, 0.1) is 0 Å². The van der Waals surface area contributed by atoms with Crippen LogP contribution in [-0.4, -0.2) is 30.5 Å². The third-order valence-electron chi connectivity index (χ3n) is 2.88. The summed E-state index contributed by atoms with van der Waals surface area (Å²) in [4.78, 5) is 12.0. The SMILES string of the molecule is COc1cc(NC(=O)Nc2cc(O)cc(O)c2)c(OC)cc1Cl. The first-order chi connectivity index (χ1) is 10.9. The van der Waals surface area contributed by atoms with Crippen molar-refractivity contribution in [2.45, 2.75) is 0 Å². The van der Waals surface area contributed by atoms with E-state index in [1.54, 1.807) is 0 Å². The van der Waals surface area contributed by atoms with Gasteiger partial charge in [0.05, 0.1) is 24.9 Å². The number of phenolic OH excluding ortho intramolecular Hbond substituents is 2. The van der Waals surface area contributed by atoms with Crippen molar-refractivity contribution in [1.29, 1.82) is 0 Å². The predicted octanol–water partition coefficient (Wildman–Crippen LogP) is 3.41. The number of ether oxygens (including phenoxy) is 2. The van der Waals surface area contributed by atoms with Gasteiger partial charge in [0, 0.05) is 36.0 Å².